The highest BCUT2D eigenvalue weighted by molar-refractivity contribution is 5.29. The maximum absolute atomic E-state index is 6.11. The molecule has 2 nitrogen and oxygen atoms in total. The maximum Gasteiger partial charge on any atom is 0.119 e. The van der Waals surface area contributed by atoms with Crippen molar-refractivity contribution in [2.75, 3.05) is 6.54 Å². The second-order valence-electron chi connectivity index (χ2n) is 6.08. The van der Waals surface area contributed by atoms with Crippen LogP contribution >= 0.6 is 0 Å². The van der Waals surface area contributed by atoms with Crippen LogP contribution in [0.1, 0.15) is 64.4 Å². The van der Waals surface area contributed by atoms with Gasteiger partial charge in [0.25, 0.3) is 0 Å². The van der Waals surface area contributed by atoms with E-state index in [1.807, 2.05) is 0 Å². The fraction of sp³-hybridized carbons (Fsp3) is 0.667. The summed E-state index contributed by atoms with van der Waals surface area (Å²) in [7, 11) is 0. The van der Waals surface area contributed by atoms with Gasteiger partial charge in [0.05, 0.1) is 0 Å². The molecule has 0 aliphatic heterocycles. The van der Waals surface area contributed by atoms with Gasteiger partial charge in [0.1, 0.15) is 11.9 Å². The van der Waals surface area contributed by atoms with Crippen molar-refractivity contribution in [2.45, 2.75) is 70.9 Å². The van der Waals surface area contributed by atoms with E-state index in [9.17, 15) is 0 Å². The van der Waals surface area contributed by atoms with E-state index in [1.54, 1.807) is 0 Å². The summed E-state index contributed by atoms with van der Waals surface area (Å²) in [6, 6.07) is 9.35. The number of benzene rings is 1. The van der Waals surface area contributed by atoms with Crippen molar-refractivity contribution >= 4 is 0 Å². The van der Waals surface area contributed by atoms with E-state index in [0.717, 1.165) is 18.7 Å². The molecule has 0 bridgehead atoms. The van der Waals surface area contributed by atoms with Gasteiger partial charge in [0.2, 0.25) is 0 Å². The first-order chi connectivity index (χ1) is 9.72. The highest BCUT2D eigenvalue weighted by Gasteiger charge is 2.25. The molecule has 3 unspecified atom stereocenters. The van der Waals surface area contributed by atoms with E-state index >= 15 is 0 Å². The molecule has 2 heteroatoms. The zero-order valence-electron chi connectivity index (χ0n) is 13.2. The van der Waals surface area contributed by atoms with Crippen LogP contribution in [0.4, 0.5) is 0 Å². The molecular weight excluding hydrogens is 246 g/mol. The van der Waals surface area contributed by atoms with Crippen LogP contribution in [0.5, 0.6) is 5.75 Å². The minimum Gasteiger partial charge on any atom is -0.490 e. The quantitative estimate of drug-likeness (QED) is 0.791. The number of rotatable bonds is 7. The average Bonchev–Trinajstić information content (AvgIpc) is 2.92. The monoisotopic (exact) mass is 275 g/mol. The number of nitrogens with one attached hydrogen (secondary N) is 1. The molecule has 0 spiro atoms. The van der Waals surface area contributed by atoms with Gasteiger partial charge in [-0.05, 0) is 62.3 Å². The van der Waals surface area contributed by atoms with Gasteiger partial charge in [-0.2, -0.15) is 0 Å². The third-order valence-corrected chi connectivity index (χ3v) is 4.43. The van der Waals surface area contributed by atoms with Crippen molar-refractivity contribution in [3.05, 3.63) is 29.8 Å². The summed E-state index contributed by atoms with van der Waals surface area (Å²) in [5, 5.41) is 3.60. The van der Waals surface area contributed by atoms with Crippen molar-refractivity contribution in [1.82, 2.24) is 5.32 Å². The fourth-order valence-corrected chi connectivity index (χ4v) is 2.88. The second-order valence-corrected chi connectivity index (χ2v) is 6.08. The minimum atomic E-state index is 0.388. The van der Waals surface area contributed by atoms with Crippen LogP contribution in [-0.4, -0.2) is 18.7 Å². The molecule has 1 aromatic carbocycles. The van der Waals surface area contributed by atoms with Gasteiger partial charge < -0.3 is 10.1 Å². The van der Waals surface area contributed by atoms with Crippen molar-refractivity contribution in [1.29, 1.82) is 0 Å². The predicted octanol–water partition coefficient (Wildman–Crippen LogP) is 4.50. The van der Waals surface area contributed by atoms with E-state index in [4.69, 9.17) is 4.74 Å². The summed E-state index contributed by atoms with van der Waals surface area (Å²) in [5.74, 6) is 1.66. The molecule has 2 rings (SSSR count). The lowest BCUT2D eigenvalue weighted by Crippen LogP contribution is -2.28. The van der Waals surface area contributed by atoms with E-state index in [1.165, 1.54) is 31.2 Å². The van der Waals surface area contributed by atoms with Crippen LogP contribution in [0.2, 0.25) is 0 Å². The van der Waals surface area contributed by atoms with E-state index in [0.29, 0.717) is 18.1 Å². The lowest BCUT2D eigenvalue weighted by Gasteiger charge is -2.16. The van der Waals surface area contributed by atoms with Gasteiger partial charge in [-0.3, -0.25) is 0 Å². The summed E-state index contributed by atoms with van der Waals surface area (Å²) in [6.45, 7) is 7.85. The van der Waals surface area contributed by atoms with Crippen LogP contribution in [-0.2, 0) is 0 Å². The fourth-order valence-electron chi connectivity index (χ4n) is 2.88. The molecule has 0 amide bonds. The Morgan fingerprint density at radius 2 is 1.95 bits per heavy atom. The van der Waals surface area contributed by atoms with Crippen LogP contribution in [0.15, 0.2) is 24.3 Å². The summed E-state index contributed by atoms with van der Waals surface area (Å²) in [4.78, 5) is 0. The van der Waals surface area contributed by atoms with E-state index in [2.05, 4.69) is 50.4 Å². The molecule has 1 aliphatic carbocycles. The predicted molar refractivity (Wildman–Crippen MR) is 85.5 cm³/mol. The standard InChI is InChI=1S/C18H29NO/c1-4-12-19-16-8-11-18(13-16)20-17-9-6-15(7-10-17)14(3)5-2/h6-7,9-10,14,16,18-19H,4-5,8,11-13H2,1-3H3. The number of ether oxygens (including phenoxy) is 1. The molecule has 1 saturated carbocycles. The average molecular weight is 275 g/mol. The molecule has 3 atom stereocenters. The van der Waals surface area contributed by atoms with E-state index in [-0.39, 0.29) is 0 Å². The minimum absolute atomic E-state index is 0.388. The number of hydrogen-bond acceptors (Lipinski definition) is 2. The van der Waals surface area contributed by atoms with Crippen LogP contribution < -0.4 is 10.1 Å². The summed E-state index contributed by atoms with van der Waals surface area (Å²) >= 11 is 0. The van der Waals surface area contributed by atoms with Gasteiger partial charge in [-0.1, -0.05) is 32.9 Å². The van der Waals surface area contributed by atoms with Crippen LogP contribution in [0.3, 0.4) is 0 Å². The molecule has 1 aromatic rings. The topological polar surface area (TPSA) is 21.3 Å². The molecule has 0 aromatic heterocycles. The Kier molecular flexibility index (Phi) is 5.90. The van der Waals surface area contributed by atoms with Crippen molar-refractivity contribution < 1.29 is 4.74 Å². The summed E-state index contributed by atoms with van der Waals surface area (Å²) in [6.07, 6.45) is 6.35. The van der Waals surface area contributed by atoms with Gasteiger partial charge in [-0.15, -0.1) is 0 Å². The van der Waals surface area contributed by atoms with Gasteiger partial charge in [0.15, 0.2) is 0 Å². The Morgan fingerprint density at radius 1 is 1.20 bits per heavy atom. The zero-order valence-corrected chi connectivity index (χ0v) is 13.2. The third-order valence-electron chi connectivity index (χ3n) is 4.43. The SMILES string of the molecule is CCCNC1CCC(Oc2ccc(C(C)CC)cc2)C1. The smallest absolute Gasteiger partial charge is 0.119 e. The number of hydrogen-bond donors (Lipinski definition) is 1. The molecule has 1 aliphatic rings. The van der Waals surface area contributed by atoms with E-state index < -0.39 is 0 Å². The Hall–Kier alpha value is -1.02. The van der Waals surface area contributed by atoms with Gasteiger partial charge >= 0.3 is 0 Å². The largest absolute Gasteiger partial charge is 0.490 e. The molecule has 0 heterocycles. The Bertz CT molecular complexity index is 387. The Labute approximate surface area is 123 Å². The first kappa shape index (κ1) is 15.4. The van der Waals surface area contributed by atoms with Crippen molar-refractivity contribution in [2.24, 2.45) is 0 Å². The Morgan fingerprint density at radius 3 is 2.60 bits per heavy atom. The molecule has 1 N–H and O–H groups in total. The van der Waals surface area contributed by atoms with Gasteiger partial charge in [0, 0.05) is 6.04 Å². The van der Waals surface area contributed by atoms with Crippen LogP contribution in [0, 0.1) is 0 Å². The lowest BCUT2D eigenvalue weighted by molar-refractivity contribution is 0.206. The maximum atomic E-state index is 6.11. The third kappa shape index (κ3) is 4.24. The summed E-state index contributed by atoms with van der Waals surface area (Å²) in [5.41, 5.74) is 1.41. The molecule has 112 valence electrons. The normalized spacial score (nSPS) is 23.8. The van der Waals surface area contributed by atoms with Crippen LogP contribution in [0.25, 0.3) is 0 Å². The highest BCUT2D eigenvalue weighted by Crippen LogP contribution is 2.26. The molecule has 0 saturated heterocycles. The molecule has 20 heavy (non-hydrogen) atoms. The first-order valence-corrected chi connectivity index (χ1v) is 8.22. The summed E-state index contributed by atoms with van der Waals surface area (Å²) < 4.78 is 6.11. The second kappa shape index (κ2) is 7.68. The van der Waals surface area contributed by atoms with Crippen molar-refractivity contribution in [3.8, 4) is 5.75 Å². The Balaban J connectivity index is 1.82. The first-order valence-electron chi connectivity index (χ1n) is 8.22. The molecule has 0 radical (unpaired) electrons. The molecule has 1 fully saturated rings. The van der Waals surface area contributed by atoms with Crippen molar-refractivity contribution in [3.63, 3.8) is 0 Å². The highest BCUT2D eigenvalue weighted by atomic mass is 16.5. The zero-order chi connectivity index (χ0) is 14.4. The van der Waals surface area contributed by atoms with Gasteiger partial charge in [-0.25, -0.2) is 0 Å². The lowest BCUT2D eigenvalue weighted by atomic mass is 9.99. The molecular formula is C18H29NO.